The van der Waals surface area contributed by atoms with Crippen LogP contribution >= 0.6 is 0 Å². The maximum atomic E-state index is 12.9. The third-order valence-electron chi connectivity index (χ3n) is 5.36. The molecule has 0 saturated heterocycles. The van der Waals surface area contributed by atoms with E-state index in [1.165, 1.54) is 9.80 Å². The first-order valence-corrected chi connectivity index (χ1v) is 9.66. The molecule has 0 aromatic heterocycles. The first-order chi connectivity index (χ1) is 14.5. The molecule has 3 aromatic carbocycles. The Kier molecular flexibility index (Phi) is 5.03. The molecule has 3 aromatic rings. The van der Waals surface area contributed by atoms with Crippen LogP contribution < -0.4 is 4.90 Å². The van der Waals surface area contributed by atoms with Gasteiger partial charge in [-0.25, -0.2) is 0 Å². The average Bonchev–Trinajstić information content (AvgIpc) is 2.78. The van der Waals surface area contributed by atoms with E-state index in [1.54, 1.807) is 55.6 Å². The SMILES string of the molecule is CN(C(=O)CCCN1C(=O)c2cccc3cccc(c23)C1=O)c1cccc(C#N)c1. The zero-order valence-electron chi connectivity index (χ0n) is 16.5. The maximum Gasteiger partial charge on any atom is 0.261 e. The molecule has 4 rings (SSSR count). The van der Waals surface area contributed by atoms with Crippen molar-refractivity contribution in [3.05, 3.63) is 77.4 Å². The van der Waals surface area contributed by atoms with Gasteiger partial charge in [0, 0.05) is 42.2 Å². The summed E-state index contributed by atoms with van der Waals surface area (Å²) in [6.07, 6.45) is 0.535. The van der Waals surface area contributed by atoms with Crippen LogP contribution in [0.2, 0.25) is 0 Å². The number of imide groups is 1. The van der Waals surface area contributed by atoms with E-state index in [0.29, 0.717) is 34.2 Å². The Morgan fingerprint density at radius 3 is 2.27 bits per heavy atom. The van der Waals surface area contributed by atoms with Gasteiger partial charge < -0.3 is 4.90 Å². The van der Waals surface area contributed by atoms with Crippen LogP contribution in [0.1, 0.15) is 39.1 Å². The number of hydrogen-bond donors (Lipinski definition) is 0. The number of amides is 3. The average molecular weight is 397 g/mol. The van der Waals surface area contributed by atoms with Crippen LogP contribution in [0.4, 0.5) is 5.69 Å². The highest BCUT2D eigenvalue weighted by molar-refractivity contribution is 6.25. The molecule has 0 fully saturated rings. The second kappa shape index (κ2) is 7.80. The second-order valence-corrected chi connectivity index (χ2v) is 7.19. The summed E-state index contributed by atoms with van der Waals surface area (Å²) >= 11 is 0. The number of anilines is 1. The lowest BCUT2D eigenvalue weighted by atomic mass is 9.94. The van der Waals surface area contributed by atoms with Crippen molar-refractivity contribution in [2.45, 2.75) is 12.8 Å². The molecule has 0 aliphatic carbocycles. The fraction of sp³-hybridized carbons (Fsp3) is 0.167. The van der Waals surface area contributed by atoms with Crippen LogP contribution in [-0.2, 0) is 4.79 Å². The molecule has 0 atom stereocenters. The van der Waals surface area contributed by atoms with Crippen LogP contribution in [0.25, 0.3) is 10.8 Å². The van der Waals surface area contributed by atoms with Crippen LogP contribution in [0.5, 0.6) is 0 Å². The van der Waals surface area contributed by atoms with Crippen LogP contribution in [0, 0.1) is 11.3 Å². The van der Waals surface area contributed by atoms with E-state index in [1.807, 2.05) is 12.1 Å². The van der Waals surface area contributed by atoms with Crippen LogP contribution in [0.15, 0.2) is 60.7 Å². The molecular weight excluding hydrogens is 378 g/mol. The monoisotopic (exact) mass is 397 g/mol. The Morgan fingerprint density at radius 1 is 1.00 bits per heavy atom. The van der Waals surface area contributed by atoms with E-state index in [4.69, 9.17) is 5.26 Å². The predicted molar refractivity (Wildman–Crippen MR) is 113 cm³/mol. The van der Waals surface area contributed by atoms with Crippen molar-refractivity contribution < 1.29 is 14.4 Å². The van der Waals surface area contributed by atoms with E-state index >= 15 is 0 Å². The van der Waals surface area contributed by atoms with Gasteiger partial charge in [0.25, 0.3) is 11.8 Å². The van der Waals surface area contributed by atoms with E-state index in [2.05, 4.69) is 6.07 Å². The molecule has 148 valence electrons. The number of hydrogen-bond acceptors (Lipinski definition) is 4. The van der Waals surface area contributed by atoms with Crippen molar-refractivity contribution in [2.75, 3.05) is 18.5 Å². The standard InChI is InChI=1S/C24H19N3O3/c1-26(18-9-2-6-16(14-18)15-25)21(28)12-5-13-27-23(29)19-10-3-7-17-8-4-11-20(22(17)19)24(27)30/h2-4,6-11,14H,5,12-13H2,1H3. The van der Waals surface area contributed by atoms with Gasteiger partial charge in [0.05, 0.1) is 11.6 Å². The zero-order chi connectivity index (χ0) is 21.3. The highest BCUT2D eigenvalue weighted by Gasteiger charge is 2.32. The van der Waals surface area contributed by atoms with Crippen molar-refractivity contribution in [3.8, 4) is 6.07 Å². The van der Waals surface area contributed by atoms with Crippen molar-refractivity contribution in [1.82, 2.24) is 4.90 Å². The predicted octanol–water partition coefficient (Wildman–Crippen LogP) is 3.75. The van der Waals surface area contributed by atoms with Crippen molar-refractivity contribution >= 4 is 34.2 Å². The van der Waals surface area contributed by atoms with Gasteiger partial charge in [0.2, 0.25) is 5.91 Å². The Balaban J connectivity index is 1.45. The molecule has 0 radical (unpaired) electrons. The Bertz CT molecular complexity index is 1180. The van der Waals surface area contributed by atoms with E-state index < -0.39 is 0 Å². The number of rotatable bonds is 5. The Morgan fingerprint density at radius 2 is 1.63 bits per heavy atom. The van der Waals surface area contributed by atoms with Crippen molar-refractivity contribution in [3.63, 3.8) is 0 Å². The van der Waals surface area contributed by atoms with E-state index in [-0.39, 0.29) is 30.7 Å². The minimum atomic E-state index is -0.327. The van der Waals surface area contributed by atoms with E-state index in [0.717, 1.165) is 5.39 Å². The summed E-state index contributed by atoms with van der Waals surface area (Å²) in [4.78, 5) is 41.0. The highest BCUT2D eigenvalue weighted by Crippen LogP contribution is 2.30. The molecule has 6 nitrogen and oxygen atoms in total. The fourth-order valence-corrected chi connectivity index (χ4v) is 3.77. The summed E-state index contributed by atoms with van der Waals surface area (Å²) < 4.78 is 0. The third kappa shape index (κ3) is 3.31. The number of carbonyl (C=O) groups is 3. The van der Waals surface area contributed by atoms with Gasteiger partial charge in [-0.1, -0.05) is 30.3 Å². The Hall–Kier alpha value is -3.98. The van der Waals surface area contributed by atoms with Gasteiger partial charge in [-0.05, 0) is 42.1 Å². The first-order valence-electron chi connectivity index (χ1n) is 9.66. The Labute approximate surface area is 173 Å². The normalized spacial score (nSPS) is 12.7. The van der Waals surface area contributed by atoms with Crippen LogP contribution in [0.3, 0.4) is 0 Å². The molecule has 1 aliphatic heterocycles. The molecule has 0 saturated carbocycles. The van der Waals surface area contributed by atoms with E-state index in [9.17, 15) is 14.4 Å². The van der Waals surface area contributed by atoms with Gasteiger partial charge in [-0.2, -0.15) is 5.26 Å². The van der Waals surface area contributed by atoms with Crippen molar-refractivity contribution in [2.24, 2.45) is 0 Å². The lowest BCUT2D eigenvalue weighted by Crippen LogP contribution is -2.41. The number of nitrogens with zero attached hydrogens (tertiary/aromatic N) is 3. The van der Waals surface area contributed by atoms with Gasteiger partial charge in [0.1, 0.15) is 0 Å². The molecule has 0 unspecified atom stereocenters. The summed E-state index contributed by atoms with van der Waals surface area (Å²) in [5.74, 6) is -0.803. The summed E-state index contributed by atoms with van der Waals surface area (Å²) in [5.41, 5.74) is 2.13. The van der Waals surface area contributed by atoms with Gasteiger partial charge in [0.15, 0.2) is 0 Å². The van der Waals surface area contributed by atoms with Gasteiger partial charge in [-0.15, -0.1) is 0 Å². The quantitative estimate of drug-likeness (QED) is 0.614. The number of benzene rings is 3. The number of carbonyl (C=O) groups excluding carboxylic acids is 3. The lowest BCUT2D eigenvalue weighted by molar-refractivity contribution is -0.118. The van der Waals surface area contributed by atoms with Crippen LogP contribution in [-0.4, -0.2) is 36.2 Å². The molecule has 1 heterocycles. The zero-order valence-corrected chi connectivity index (χ0v) is 16.5. The molecular formula is C24H19N3O3. The molecule has 0 N–H and O–H groups in total. The molecule has 3 amide bonds. The first kappa shape index (κ1) is 19.3. The minimum absolute atomic E-state index is 0.149. The fourth-order valence-electron chi connectivity index (χ4n) is 3.77. The topological polar surface area (TPSA) is 81.5 Å². The summed E-state index contributed by atoms with van der Waals surface area (Å²) in [6, 6.07) is 19.7. The molecule has 0 bridgehead atoms. The minimum Gasteiger partial charge on any atom is -0.315 e. The smallest absolute Gasteiger partial charge is 0.261 e. The van der Waals surface area contributed by atoms with Gasteiger partial charge >= 0.3 is 0 Å². The second-order valence-electron chi connectivity index (χ2n) is 7.19. The highest BCUT2D eigenvalue weighted by atomic mass is 16.2. The molecule has 1 aliphatic rings. The molecule has 0 spiro atoms. The summed E-state index contributed by atoms with van der Waals surface area (Å²) in [6.45, 7) is 0.167. The maximum absolute atomic E-state index is 12.9. The third-order valence-corrected chi connectivity index (χ3v) is 5.36. The van der Waals surface area contributed by atoms with Gasteiger partial charge in [-0.3, -0.25) is 19.3 Å². The summed E-state index contributed by atoms with van der Waals surface area (Å²) in [5, 5.41) is 10.6. The number of nitriles is 1. The summed E-state index contributed by atoms with van der Waals surface area (Å²) in [7, 11) is 1.65. The lowest BCUT2D eigenvalue weighted by Gasteiger charge is -2.27. The van der Waals surface area contributed by atoms with Crippen molar-refractivity contribution in [1.29, 1.82) is 5.26 Å². The molecule has 30 heavy (non-hydrogen) atoms. The molecule has 6 heteroatoms. The largest absolute Gasteiger partial charge is 0.315 e.